The molecule has 18 heteroatoms. The fourth-order valence-corrected chi connectivity index (χ4v) is 17.6. The third-order valence-electron chi connectivity index (χ3n) is 26.9. The zero-order valence-electron chi connectivity index (χ0n) is 70.0. The minimum atomic E-state index is -0.833. The average molecular weight is 1500 g/mol. The van der Waals surface area contributed by atoms with E-state index in [4.69, 9.17) is 0 Å². The summed E-state index contributed by atoms with van der Waals surface area (Å²) in [4.78, 5) is 85.3. The number of H-pyrrole nitrogens is 12. The summed E-state index contributed by atoms with van der Waals surface area (Å²) in [6.45, 7) is 54.3. The van der Waals surface area contributed by atoms with Gasteiger partial charge in [-0.3, -0.25) is 14.4 Å². The standard InChI is InChI=1S/C63H82N10O2.C30H38N4O2/c1-56(2)38-18-20-40(66-38)58(5,6)44-26-28-48(70-44)62(13,14)54-36(32-50(72-54)60(9,10)46-24-22-42(56)68-46)34-52(74)64-30-17-31-65-53(75)35-37-33-51-61(11,12)47-25-23-43(69-47)57(3,4)39-19-21-41(67-39)59(7,8)45-27-29-49(71-45)63(15,16)55(37)73-51;1-27(2)18-9-10-19(31-18)28(3,4)21-13-14-23(33-21)30(7,8)26-17(16-25(35)36)15-24(34-26)29(5,6)22-12-11-20(27)32-22/h18-29,32-33,66-73H,17,30-31,34-35H2,1-16H3,(H,64,74)(H,65,75);9-15,31-34H,16H2,1-8H3,(H,35,36). The number of carbonyl (C=O) groups excluding carboxylic acids is 2. The molecule has 3 aliphatic heterocycles. The lowest BCUT2D eigenvalue weighted by atomic mass is 9.83. The molecule has 2 amide bonds. The Morgan fingerprint density at radius 3 is 0.559 bits per heavy atom. The Balaban J connectivity index is 0.000000237. The van der Waals surface area contributed by atoms with Crippen LogP contribution < -0.4 is 10.6 Å². The summed E-state index contributed by atoms with van der Waals surface area (Å²) in [7, 11) is 0. The summed E-state index contributed by atoms with van der Waals surface area (Å²) in [6, 6.07) is 45.9. The van der Waals surface area contributed by atoms with Crippen molar-refractivity contribution in [3.8, 4) is 0 Å². The zero-order chi connectivity index (χ0) is 80.3. The maximum absolute atomic E-state index is 14.0. The molecule has 0 aliphatic carbocycles. The van der Waals surface area contributed by atoms with Gasteiger partial charge in [-0.25, -0.2) is 0 Å². The van der Waals surface area contributed by atoms with Gasteiger partial charge < -0.3 is 75.5 Å². The number of carboxylic acids is 1. The second-order valence-electron chi connectivity index (χ2n) is 38.8. The van der Waals surface area contributed by atoms with Gasteiger partial charge in [-0.05, 0) is 317 Å². The van der Waals surface area contributed by atoms with Gasteiger partial charge in [0.15, 0.2) is 0 Å². The normalized spacial score (nSPS) is 19.1. The third kappa shape index (κ3) is 13.0. The summed E-state index contributed by atoms with van der Waals surface area (Å²) in [5, 5.41) is 16.1. The first kappa shape index (κ1) is 77.5. The van der Waals surface area contributed by atoms with Crippen LogP contribution in [0.4, 0.5) is 0 Å². The first-order valence-electron chi connectivity index (χ1n) is 39.8. The van der Waals surface area contributed by atoms with Crippen molar-refractivity contribution in [3.63, 3.8) is 0 Å². The highest BCUT2D eigenvalue weighted by atomic mass is 16.4. The monoisotopic (exact) mass is 1500 g/mol. The minimum absolute atomic E-state index is 0.0294. The van der Waals surface area contributed by atoms with Crippen molar-refractivity contribution < 1.29 is 19.5 Å². The van der Waals surface area contributed by atoms with E-state index in [-0.39, 0.29) is 69.0 Å². The van der Waals surface area contributed by atoms with Gasteiger partial charge in [0.1, 0.15) is 0 Å². The Kier molecular flexibility index (Phi) is 18.3. The van der Waals surface area contributed by atoms with Crippen molar-refractivity contribution >= 4 is 17.8 Å². The molecule has 0 saturated carbocycles. The van der Waals surface area contributed by atoms with Crippen LogP contribution in [0.5, 0.6) is 0 Å². The molecule has 15 N–H and O–H groups in total. The van der Waals surface area contributed by atoms with E-state index in [1.165, 1.54) is 0 Å². The highest BCUT2D eigenvalue weighted by molar-refractivity contribution is 5.80. The summed E-state index contributed by atoms with van der Waals surface area (Å²) in [5.41, 5.74) is 24.4. The molecule has 0 fully saturated rings. The number of carboxylic acid groups (broad SMARTS) is 1. The first-order chi connectivity index (χ1) is 51.6. The fraction of sp³-hybridized carbons (Fsp3) is 0.452. The van der Waals surface area contributed by atoms with Crippen molar-refractivity contribution in [1.82, 2.24) is 70.4 Å². The van der Waals surface area contributed by atoms with E-state index in [9.17, 15) is 19.5 Å². The van der Waals surface area contributed by atoms with Gasteiger partial charge in [0.05, 0.1) is 19.3 Å². The van der Waals surface area contributed by atoms with Gasteiger partial charge >= 0.3 is 5.97 Å². The topological polar surface area (TPSA) is 285 Å². The van der Waals surface area contributed by atoms with E-state index < -0.39 is 33.0 Å². The van der Waals surface area contributed by atoms with E-state index in [2.05, 4.69) is 358 Å². The fourth-order valence-electron chi connectivity index (χ4n) is 17.6. The van der Waals surface area contributed by atoms with Gasteiger partial charge in [-0.2, -0.15) is 0 Å². The number of aromatic amines is 12. The number of rotatable bonds is 10. The second-order valence-corrected chi connectivity index (χ2v) is 38.8. The molecule has 12 aromatic rings. The summed E-state index contributed by atoms with van der Waals surface area (Å²) >= 11 is 0. The Hall–Kier alpha value is -10.2. The Morgan fingerprint density at radius 1 is 0.234 bits per heavy atom. The molecule has 24 bridgehead atoms. The number of hydrogen-bond donors (Lipinski definition) is 15. The molecule has 586 valence electrons. The number of nitrogens with one attached hydrogen (secondary N) is 14. The maximum Gasteiger partial charge on any atom is 0.307 e. The van der Waals surface area contributed by atoms with Crippen molar-refractivity contribution in [1.29, 1.82) is 0 Å². The van der Waals surface area contributed by atoms with Crippen molar-refractivity contribution in [2.75, 3.05) is 13.1 Å². The number of amides is 2. The van der Waals surface area contributed by atoms with Crippen LogP contribution in [0.1, 0.15) is 326 Å². The van der Waals surface area contributed by atoms with Crippen molar-refractivity contribution in [2.45, 2.75) is 257 Å². The molecule has 15 rings (SSSR count). The quantitative estimate of drug-likeness (QED) is 0.0595. The predicted molar refractivity (Wildman–Crippen MR) is 444 cm³/mol. The second kappa shape index (κ2) is 26.2. The van der Waals surface area contributed by atoms with Gasteiger partial charge in [0.25, 0.3) is 0 Å². The van der Waals surface area contributed by atoms with Crippen molar-refractivity contribution in [3.05, 3.63) is 281 Å². The SMILES string of the molecule is CC1(C)c2ccc([nH]2)C(C)(C)c2ccc([nH]2)C(C)(C)c2[nH]c(cc2CC(=O)NCCCNC(=O)Cc2cc3[nH]c2C(C)(C)c2ccc([nH]2)C(C)(C)c2ccc([nH]2)C(C)(C)c2ccc([nH]2)C3(C)C)C(C)(C)c2ccc1[nH]2.CC1(C)c2ccc([nH]2)C(C)(C)c2ccc([nH]2)C(C)(C)c2[nH]c(cc2CC(=O)O)C(C)(C)c2ccc1[nH]2. The summed E-state index contributed by atoms with van der Waals surface area (Å²) in [5.74, 6) is -0.954. The van der Waals surface area contributed by atoms with Crippen LogP contribution in [0.3, 0.4) is 0 Å². The minimum Gasteiger partial charge on any atom is -0.481 e. The van der Waals surface area contributed by atoms with E-state index >= 15 is 0 Å². The number of aromatic nitrogens is 12. The molecule has 0 atom stereocenters. The Morgan fingerprint density at radius 2 is 0.387 bits per heavy atom. The molecule has 3 aliphatic rings. The third-order valence-corrected chi connectivity index (χ3v) is 26.9. The van der Waals surface area contributed by atoms with E-state index in [1.807, 2.05) is 6.07 Å². The number of hydrogen-bond acceptors (Lipinski definition) is 3. The molecular formula is C93H120N14O4. The van der Waals surface area contributed by atoms with Crippen LogP contribution in [0.2, 0.25) is 0 Å². The van der Waals surface area contributed by atoms with Crippen molar-refractivity contribution in [2.24, 2.45) is 0 Å². The smallest absolute Gasteiger partial charge is 0.307 e. The molecule has 0 saturated heterocycles. The molecule has 15 heterocycles. The molecule has 111 heavy (non-hydrogen) atoms. The van der Waals surface area contributed by atoms with E-state index in [1.54, 1.807) is 0 Å². The highest BCUT2D eigenvalue weighted by Gasteiger charge is 2.44. The van der Waals surface area contributed by atoms with E-state index in [0.29, 0.717) is 19.5 Å². The molecule has 0 radical (unpaired) electrons. The largest absolute Gasteiger partial charge is 0.481 e. The molecule has 0 aromatic carbocycles. The van der Waals surface area contributed by atoms with Crippen LogP contribution in [0.15, 0.2) is 127 Å². The first-order valence-corrected chi connectivity index (χ1v) is 39.8. The van der Waals surface area contributed by atoms with Crippen LogP contribution in [0, 0.1) is 0 Å². The summed E-state index contributed by atoms with van der Waals surface area (Å²) < 4.78 is 0. The molecule has 0 unspecified atom stereocenters. The number of aliphatic carboxylic acids is 1. The number of fused-ring (bicyclic) bond motifs is 24. The Labute approximate surface area is 654 Å². The lowest BCUT2D eigenvalue weighted by molar-refractivity contribution is -0.136. The van der Waals surface area contributed by atoms with Crippen LogP contribution in [0.25, 0.3) is 0 Å². The molecular weight excluding hydrogens is 1380 g/mol. The van der Waals surface area contributed by atoms with Crippen LogP contribution in [-0.2, 0) is 98.6 Å². The predicted octanol–water partition coefficient (Wildman–Crippen LogP) is 18.2. The summed E-state index contributed by atoms with van der Waals surface area (Å²) in [6.07, 6.45) is 0.986. The molecule has 12 aromatic heterocycles. The Bertz CT molecular complexity index is 5280. The maximum atomic E-state index is 14.0. The highest BCUT2D eigenvalue weighted by Crippen LogP contribution is 2.48. The zero-order valence-corrected chi connectivity index (χ0v) is 70.0. The van der Waals surface area contributed by atoms with Gasteiger partial charge in [-0.15, -0.1) is 0 Å². The lowest BCUT2D eigenvalue weighted by Crippen LogP contribution is -2.32. The van der Waals surface area contributed by atoms with E-state index in [0.717, 1.165) is 153 Å². The average Bonchev–Trinajstić information content (AvgIpc) is 1.60. The van der Waals surface area contributed by atoms with Gasteiger partial charge in [-0.1, -0.05) is 0 Å². The lowest BCUT2D eigenvalue weighted by Gasteiger charge is -2.28. The number of carbonyl (C=O) groups is 3. The molecule has 0 spiro atoms. The van der Waals surface area contributed by atoms with Gasteiger partial charge in [0.2, 0.25) is 11.8 Å². The van der Waals surface area contributed by atoms with Crippen LogP contribution >= 0.6 is 0 Å². The molecule has 18 nitrogen and oxygen atoms in total. The van der Waals surface area contributed by atoms with Gasteiger partial charge in [0, 0.05) is 215 Å². The van der Waals surface area contributed by atoms with Crippen LogP contribution in [-0.4, -0.2) is 95.8 Å².